The zero-order valence-corrected chi connectivity index (χ0v) is 15.2. The SMILES string of the molecule is CCc1nn(C)c(CC(N)CSc2cccc(C)c2)c1Br. The van der Waals surface area contributed by atoms with Gasteiger partial charge in [-0.2, -0.15) is 5.10 Å². The third kappa shape index (κ3) is 4.34. The molecular weight excluding hydrogens is 346 g/mol. The Morgan fingerprint density at radius 1 is 1.43 bits per heavy atom. The fourth-order valence-electron chi connectivity index (χ4n) is 2.26. The first-order chi connectivity index (χ1) is 10.0. The van der Waals surface area contributed by atoms with E-state index in [0.29, 0.717) is 0 Å². The summed E-state index contributed by atoms with van der Waals surface area (Å²) >= 11 is 5.47. The second-order valence-electron chi connectivity index (χ2n) is 5.28. The minimum absolute atomic E-state index is 0.118. The molecule has 0 aliphatic rings. The number of halogens is 1. The largest absolute Gasteiger partial charge is 0.327 e. The average molecular weight is 368 g/mol. The molecule has 2 rings (SSSR count). The van der Waals surface area contributed by atoms with Gasteiger partial charge >= 0.3 is 0 Å². The van der Waals surface area contributed by atoms with Gasteiger partial charge in [-0.25, -0.2) is 0 Å². The maximum Gasteiger partial charge on any atom is 0.0766 e. The zero-order valence-electron chi connectivity index (χ0n) is 12.8. The fraction of sp³-hybridized carbons (Fsp3) is 0.438. The lowest BCUT2D eigenvalue weighted by atomic mass is 10.2. The Kier molecular flexibility index (Phi) is 5.90. The lowest BCUT2D eigenvalue weighted by Gasteiger charge is -2.12. The van der Waals surface area contributed by atoms with Crippen molar-refractivity contribution in [3.05, 3.63) is 45.7 Å². The van der Waals surface area contributed by atoms with Crippen LogP contribution in [0, 0.1) is 6.92 Å². The molecule has 0 radical (unpaired) electrons. The molecule has 0 aliphatic heterocycles. The Hall–Kier alpha value is -0.780. The molecule has 1 unspecified atom stereocenters. The van der Waals surface area contributed by atoms with Gasteiger partial charge in [0.1, 0.15) is 0 Å². The van der Waals surface area contributed by atoms with E-state index in [1.54, 1.807) is 0 Å². The van der Waals surface area contributed by atoms with Crippen LogP contribution in [0.5, 0.6) is 0 Å². The highest BCUT2D eigenvalue weighted by Crippen LogP contribution is 2.24. The summed E-state index contributed by atoms with van der Waals surface area (Å²) in [6, 6.07) is 8.66. The fourth-order valence-corrected chi connectivity index (χ4v) is 4.00. The summed E-state index contributed by atoms with van der Waals surface area (Å²) in [6.07, 6.45) is 1.77. The molecule has 0 fully saturated rings. The number of aryl methyl sites for hydroxylation is 3. The van der Waals surface area contributed by atoms with Crippen LogP contribution in [-0.2, 0) is 19.9 Å². The molecule has 0 saturated carbocycles. The third-order valence-corrected chi connectivity index (χ3v) is 5.51. The van der Waals surface area contributed by atoms with Crippen LogP contribution in [0.4, 0.5) is 0 Å². The predicted molar refractivity (Wildman–Crippen MR) is 93.9 cm³/mol. The molecule has 1 atom stereocenters. The van der Waals surface area contributed by atoms with E-state index in [9.17, 15) is 0 Å². The lowest BCUT2D eigenvalue weighted by molar-refractivity contribution is 0.649. The van der Waals surface area contributed by atoms with Crippen LogP contribution in [-0.4, -0.2) is 21.6 Å². The molecule has 0 spiro atoms. The molecule has 2 aromatic rings. The van der Waals surface area contributed by atoms with Gasteiger partial charge in [-0.1, -0.05) is 24.6 Å². The molecule has 21 heavy (non-hydrogen) atoms. The molecule has 5 heteroatoms. The van der Waals surface area contributed by atoms with Crippen molar-refractivity contribution in [3.63, 3.8) is 0 Å². The van der Waals surface area contributed by atoms with Gasteiger partial charge in [0.15, 0.2) is 0 Å². The van der Waals surface area contributed by atoms with Crippen molar-refractivity contribution in [1.82, 2.24) is 9.78 Å². The molecule has 0 aliphatic carbocycles. The molecule has 0 amide bonds. The van der Waals surface area contributed by atoms with E-state index < -0.39 is 0 Å². The highest BCUT2D eigenvalue weighted by atomic mass is 79.9. The van der Waals surface area contributed by atoms with E-state index >= 15 is 0 Å². The Morgan fingerprint density at radius 2 is 2.19 bits per heavy atom. The van der Waals surface area contributed by atoms with Gasteiger partial charge in [0.2, 0.25) is 0 Å². The standard InChI is InChI=1S/C16H22BrN3S/c1-4-14-16(17)15(20(3)19-14)9-12(18)10-21-13-7-5-6-11(2)8-13/h5-8,12H,4,9-10,18H2,1-3H3. The Bertz CT molecular complexity index is 610. The highest BCUT2D eigenvalue weighted by molar-refractivity contribution is 9.10. The Morgan fingerprint density at radius 3 is 2.81 bits per heavy atom. The number of hydrogen-bond acceptors (Lipinski definition) is 3. The van der Waals surface area contributed by atoms with E-state index in [2.05, 4.69) is 59.1 Å². The molecule has 1 aromatic heterocycles. The topological polar surface area (TPSA) is 43.8 Å². The van der Waals surface area contributed by atoms with Crippen molar-refractivity contribution < 1.29 is 0 Å². The van der Waals surface area contributed by atoms with Gasteiger partial charge in [0.05, 0.1) is 15.9 Å². The molecular formula is C16H22BrN3S. The molecule has 0 bridgehead atoms. The second-order valence-corrected chi connectivity index (χ2v) is 7.16. The third-order valence-electron chi connectivity index (χ3n) is 3.41. The van der Waals surface area contributed by atoms with Crippen LogP contribution < -0.4 is 5.73 Å². The molecule has 114 valence electrons. The first-order valence-corrected chi connectivity index (χ1v) is 8.94. The minimum Gasteiger partial charge on any atom is -0.327 e. The van der Waals surface area contributed by atoms with Crippen LogP contribution >= 0.6 is 27.7 Å². The normalized spacial score (nSPS) is 12.6. The molecule has 1 aromatic carbocycles. The maximum atomic E-state index is 6.30. The summed E-state index contributed by atoms with van der Waals surface area (Å²) in [7, 11) is 1.99. The predicted octanol–water partition coefficient (Wildman–Crippen LogP) is 3.72. The van der Waals surface area contributed by atoms with Gasteiger partial charge in [0.25, 0.3) is 0 Å². The van der Waals surface area contributed by atoms with Crippen LogP contribution in [0.3, 0.4) is 0 Å². The number of nitrogens with zero attached hydrogens (tertiary/aromatic N) is 2. The van der Waals surface area contributed by atoms with Crippen molar-refractivity contribution in [3.8, 4) is 0 Å². The first-order valence-electron chi connectivity index (χ1n) is 7.16. The maximum absolute atomic E-state index is 6.30. The number of rotatable bonds is 6. The summed E-state index contributed by atoms with van der Waals surface area (Å²) < 4.78 is 3.06. The highest BCUT2D eigenvalue weighted by Gasteiger charge is 2.15. The molecule has 2 N–H and O–H groups in total. The minimum atomic E-state index is 0.118. The van der Waals surface area contributed by atoms with Gasteiger partial charge in [0, 0.05) is 30.2 Å². The van der Waals surface area contributed by atoms with Gasteiger partial charge in [-0.3, -0.25) is 4.68 Å². The lowest BCUT2D eigenvalue weighted by Crippen LogP contribution is -2.26. The van der Waals surface area contributed by atoms with Crippen LogP contribution in [0.25, 0.3) is 0 Å². The van der Waals surface area contributed by atoms with Crippen molar-refractivity contribution >= 4 is 27.7 Å². The van der Waals surface area contributed by atoms with E-state index in [-0.39, 0.29) is 6.04 Å². The monoisotopic (exact) mass is 367 g/mol. The van der Waals surface area contributed by atoms with Crippen LogP contribution in [0.2, 0.25) is 0 Å². The van der Waals surface area contributed by atoms with Gasteiger partial charge in [-0.05, 0) is 41.4 Å². The smallest absolute Gasteiger partial charge is 0.0766 e. The summed E-state index contributed by atoms with van der Waals surface area (Å²) in [6.45, 7) is 4.23. The molecule has 3 nitrogen and oxygen atoms in total. The number of benzene rings is 1. The number of nitrogens with two attached hydrogens (primary N) is 1. The van der Waals surface area contributed by atoms with E-state index in [1.165, 1.54) is 16.2 Å². The van der Waals surface area contributed by atoms with Crippen molar-refractivity contribution in [1.29, 1.82) is 0 Å². The zero-order chi connectivity index (χ0) is 15.4. The summed E-state index contributed by atoms with van der Waals surface area (Å²) in [5.41, 5.74) is 9.87. The Labute approximate surface area is 139 Å². The van der Waals surface area contributed by atoms with E-state index in [1.807, 2.05) is 23.5 Å². The summed E-state index contributed by atoms with van der Waals surface area (Å²) in [5, 5.41) is 4.52. The van der Waals surface area contributed by atoms with Crippen LogP contribution in [0.1, 0.15) is 23.9 Å². The van der Waals surface area contributed by atoms with Gasteiger partial charge < -0.3 is 5.73 Å². The van der Waals surface area contributed by atoms with E-state index in [4.69, 9.17) is 5.73 Å². The van der Waals surface area contributed by atoms with Crippen molar-refractivity contribution in [2.75, 3.05) is 5.75 Å². The second kappa shape index (κ2) is 7.47. The molecule has 0 saturated heterocycles. The van der Waals surface area contributed by atoms with Crippen molar-refractivity contribution in [2.24, 2.45) is 12.8 Å². The first kappa shape index (κ1) is 16.6. The Balaban J connectivity index is 1.96. The summed E-state index contributed by atoms with van der Waals surface area (Å²) in [4.78, 5) is 1.28. The van der Waals surface area contributed by atoms with Crippen molar-refractivity contribution in [2.45, 2.75) is 37.6 Å². The van der Waals surface area contributed by atoms with Crippen LogP contribution in [0.15, 0.2) is 33.6 Å². The summed E-state index contributed by atoms with van der Waals surface area (Å²) in [5.74, 6) is 0.905. The number of thioether (sulfide) groups is 1. The quantitative estimate of drug-likeness (QED) is 0.791. The average Bonchev–Trinajstić information content (AvgIpc) is 2.72. The number of aromatic nitrogens is 2. The van der Waals surface area contributed by atoms with E-state index in [0.717, 1.165) is 28.8 Å². The molecule has 1 heterocycles. The van der Waals surface area contributed by atoms with Gasteiger partial charge in [-0.15, -0.1) is 11.8 Å². The number of hydrogen-bond donors (Lipinski definition) is 1.